The normalized spacial score (nSPS) is 37.9. The Morgan fingerprint density at radius 1 is 1.50 bits per heavy atom. The summed E-state index contributed by atoms with van der Waals surface area (Å²) in [6.45, 7) is 8.27. The van der Waals surface area contributed by atoms with Crippen LogP contribution in [-0.2, 0) is 9.53 Å². The van der Waals surface area contributed by atoms with E-state index in [1.54, 1.807) is 0 Å². The lowest BCUT2D eigenvalue weighted by molar-refractivity contribution is -0.158. The molecule has 4 unspecified atom stereocenters. The molecule has 0 spiro atoms. The molecule has 0 aliphatic heterocycles. The van der Waals surface area contributed by atoms with Crippen molar-refractivity contribution in [1.29, 1.82) is 0 Å². The summed E-state index contributed by atoms with van der Waals surface area (Å²) < 4.78 is 5.73. The molecular formula is C17H26O3. The molecule has 1 N–H and O–H groups in total. The molecule has 0 aromatic heterocycles. The monoisotopic (exact) mass is 278 g/mol. The molecule has 0 saturated heterocycles. The fraction of sp³-hybridized carbons (Fsp3) is 0.706. The largest absolute Gasteiger partial charge is 0.461 e. The average molecular weight is 278 g/mol. The van der Waals surface area contributed by atoms with Crippen LogP contribution in [0, 0.1) is 23.7 Å². The highest BCUT2D eigenvalue weighted by Gasteiger charge is 2.40. The zero-order valence-electron chi connectivity index (χ0n) is 12.9. The van der Waals surface area contributed by atoms with Gasteiger partial charge in [0.2, 0.25) is 0 Å². The molecule has 0 aromatic rings. The van der Waals surface area contributed by atoms with Gasteiger partial charge in [-0.05, 0) is 23.8 Å². The predicted octanol–water partition coefficient (Wildman–Crippen LogP) is 3.09. The van der Waals surface area contributed by atoms with Crippen LogP contribution in [0.3, 0.4) is 0 Å². The Labute approximate surface area is 121 Å². The van der Waals surface area contributed by atoms with E-state index in [-0.39, 0.29) is 23.9 Å². The molecule has 112 valence electrons. The maximum absolute atomic E-state index is 12.1. The predicted molar refractivity (Wildman–Crippen MR) is 79.0 cm³/mol. The van der Waals surface area contributed by atoms with Crippen LogP contribution in [0.15, 0.2) is 23.8 Å². The molecule has 0 bridgehead atoms. The van der Waals surface area contributed by atoms with Crippen molar-refractivity contribution in [3.8, 4) is 0 Å². The summed E-state index contributed by atoms with van der Waals surface area (Å²) in [5, 5.41) is 9.98. The topological polar surface area (TPSA) is 46.5 Å². The Morgan fingerprint density at radius 3 is 2.85 bits per heavy atom. The van der Waals surface area contributed by atoms with Crippen molar-refractivity contribution >= 4 is 5.97 Å². The Kier molecular flexibility index (Phi) is 4.69. The highest BCUT2D eigenvalue weighted by Crippen LogP contribution is 2.41. The summed E-state index contributed by atoms with van der Waals surface area (Å²) in [7, 11) is 0. The number of aliphatic hydroxyl groups is 1. The SMILES string of the molecule is CCC(C)C(=O)O[C@@H]1C[C@H](O)C=C2C=CC(C)C(C)C21. The number of fused-ring (bicyclic) bond motifs is 1. The van der Waals surface area contributed by atoms with Crippen LogP contribution in [0.4, 0.5) is 0 Å². The molecule has 0 amide bonds. The van der Waals surface area contributed by atoms with Gasteiger partial charge in [0.1, 0.15) is 6.10 Å². The Hall–Kier alpha value is -1.09. The van der Waals surface area contributed by atoms with E-state index in [9.17, 15) is 9.90 Å². The lowest BCUT2D eigenvalue weighted by atomic mass is 9.69. The van der Waals surface area contributed by atoms with Crippen LogP contribution in [0.2, 0.25) is 0 Å². The molecule has 0 aromatic carbocycles. The quantitative estimate of drug-likeness (QED) is 0.807. The smallest absolute Gasteiger partial charge is 0.308 e. The van der Waals surface area contributed by atoms with E-state index < -0.39 is 6.10 Å². The third-order valence-corrected chi connectivity index (χ3v) is 4.91. The van der Waals surface area contributed by atoms with Crippen LogP contribution in [0.1, 0.15) is 40.5 Å². The lowest BCUT2D eigenvalue weighted by Gasteiger charge is -2.41. The van der Waals surface area contributed by atoms with E-state index in [0.717, 1.165) is 12.0 Å². The number of carbonyl (C=O) groups is 1. The molecule has 0 fully saturated rings. The van der Waals surface area contributed by atoms with Crippen LogP contribution in [0.25, 0.3) is 0 Å². The number of hydrogen-bond donors (Lipinski definition) is 1. The maximum atomic E-state index is 12.1. The van der Waals surface area contributed by atoms with Gasteiger partial charge in [-0.3, -0.25) is 4.79 Å². The number of allylic oxidation sites excluding steroid dienone is 2. The second kappa shape index (κ2) is 6.13. The van der Waals surface area contributed by atoms with Gasteiger partial charge in [0.15, 0.2) is 0 Å². The highest BCUT2D eigenvalue weighted by molar-refractivity contribution is 5.72. The number of hydrogen-bond acceptors (Lipinski definition) is 3. The summed E-state index contributed by atoms with van der Waals surface area (Å²) in [6.07, 6.45) is 6.77. The van der Waals surface area contributed by atoms with Gasteiger partial charge in [0.05, 0.1) is 12.0 Å². The molecule has 20 heavy (non-hydrogen) atoms. The van der Waals surface area contributed by atoms with Crippen LogP contribution in [0.5, 0.6) is 0 Å². The van der Waals surface area contributed by atoms with Crippen LogP contribution < -0.4 is 0 Å². The summed E-state index contributed by atoms with van der Waals surface area (Å²) >= 11 is 0. The van der Waals surface area contributed by atoms with Crippen molar-refractivity contribution in [3.63, 3.8) is 0 Å². The number of ether oxygens (including phenoxy) is 1. The molecule has 0 radical (unpaired) electrons. The van der Waals surface area contributed by atoms with Crippen LogP contribution in [-0.4, -0.2) is 23.3 Å². The van der Waals surface area contributed by atoms with Gasteiger partial charge in [-0.2, -0.15) is 0 Å². The average Bonchev–Trinajstić information content (AvgIpc) is 2.41. The minimum atomic E-state index is -0.513. The van der Waals surface area contributed by atoms with Gasteiger partial charge in [-0.25, -0.2) is 0 Å². The zero-order chi connectivity index (χ0) is 14.9. The first-order valence-corrected chi connectivity index (χ1v) is 7.72. The standard InChI is InChI=1S/C17H26O3/c1-5-10(2)17(19)20-15-9-14(18)8-13-7-6-11(3)12(4)16(13)15/h6-8,10-12,14-16,18H,5,9H2,1-4H3/t10?,11?,12?,14-,15-,16?/m1/s1. The first-order valence-electron chi connectivity index (χ1n) is 7.72. The van der Waals surface area contributed by atoms with Crippen molar-refractivity contribution in [2.24, 2.45) is 23.7 Å². The van der Waals surface area contributed by atoms with Crippen molar-refractivity contribution in [3.05, 3.63) is 23.8 Å². The Bertz CT molecular complexity index is 424. The van der Waals surface area contributed by atoms with E-state index in [2.05, 4.69) is 26.0 Å². The van der Waals surface area contributed by atoms with E-state index in [4.69, 9.17) is 4.74 Å². The van der Waals surface area contributed by atoms with Crippen LogP contribution >= 0.6 is 0 Å². The highest BCUT2D eigenvalue weighted by atomic mass is 16.5. The molecule has 6 atom stereocenters. The molecule has 3 heteroatoms. The summed E-state index contributed by atoms with van der Waals surface area (Å²) in [6, 6.07) is 0. The molecule has 0 saturated carbocycles. The number of aliphatic hydroxyl groups excluding tert-OH is 1. The van der Waals surface area contributed by atoms with Crippen molar-refractivity contribution in [1.82, 2.24) is 0 Å². The third kappa shape index (κ3) is 2.98. The van der Waals surface area contributed by atoms with Crippen molar-refractivity contribution in [2.45, 2.75) is 52.7 Å². The fourth-order valence-corrected chi connectivity index (χ4v) is 3.13. The second-order valence-corrected chi connectivity index (χ2v) is 6.36. The van der Waals surface area contributed by atoms with Gasteiger partial charge >= 0.3 is 5.97 Å². The van der Waals surface area contributed by atoms with Gasteiger partial charge in [-0.15, -0.1) is 0 Å². The lowest BCUT2D eigenvalue weighted by Crippen LogP contribution is -2.41. The van der Waals surface area contributed by atoms with Gasteiger partial charge in [0.25, 0.3) is 0 Å². The van der Waals surface area contributed by atoms with Crippen molar-refractivity contribution < 1.29 is 14.6 Å². The second-order valence-electron chi connectivity index (χ2n) is 6.36. The first kappa shape index (κ1) is 15.3. The third-order valence-electron chi connectivity index (χ3n) is 4.91. The van der Waals surface area contributed by atoms with Gasteiger partial charge < -0.3 is 9.84 Å². The van der Waals surface area contributed by atoms with E-state index in [1.807, 2.05) is 19.9 Å². The minimum Gasteiger partial charge on any atom is -0.461 e. The first-order chi connectivity index (χ1) is 9.43. The van der Waals surface area contributed by atoms with Gasteiger partial charge in [0, 0.05) is 12.3 Å². The summed E-state index contributed by atoms with van der Waals surface area (Å²) in [5.41, 5.74) is 1.12. The fourth-order valence-electron chi connectivity index (χ4n) is 3.13. The summed E-state index contributed by atoms with van der Waals surface area (Å²) in [5.74, 6) is 0.894. The molecule has 2 aliphatic rings. The molecule has 2 rings (SSSR count). The molecule has 2 aliphatic carbocycles. The summed E-state index contributed by atoms with van der Waals surface area (Å²) in [4.78, 5) is 12.1. The maximum Gasteiger partial charge on any atom is 0.308 e. The van der Waals surface area contributed by atoms with Gasteiger partial charge in [-0.1, -0.05) is 45.9 Å². The van der Waals surface area contributed by atoms with Crippen molar-refractivity contribution in [2.75, 3.05) is 0 Å². The molecular weight excluding hydrogens is 252 g/mol. The number of rotatable bonds is 3. The molecule has 0 heterocycles. The van der Waals surface area contributed by atoms with E-state index >= 15 is 0 Å². The Morgan fingerprint density at radius 2 is 2.20 bits per heavy atom. The van der Waals surface area contributed by atoms with E-state index in [0.29, 0.717) is 18.3 Å². The zero-order valence-corrected chi connectivity index (χ0v) is 12.9. The number of esters is 1. The van der Waals surface area contributed by atoms with E-state index in [1.165, 1.54) is 0 Å². The Balaban J connectivity index is 2.19. The minimum absolute atomic E-state index is 0.0756. The number of carbonyl (C=O) groups excluding carboxylic acids is 1. The molecule has 3 nitrogen and oxygen atoms in total.